The minimum atomic E-state index is -1.39. The third-order valence-corrected chi connectivity index (χ3v) is 7.24. The van der Waals surface area contributed by atoms with Crippen molar-refractivity contribution >= 4 is 23.5 Å². The molecular formula is C26H28N2O8. The van der Waals surface area contributed by atoms with Crippen molar-refractivity contribution in [3.05, 3.63) is 42.0 Å². The van der Waals surface area contributed by atoms with Crippen LogP contribution in [0.2, 0.25) is 0 Å². The van der Waals surface area contributed by atoms with Crippen molar-refractivity contribution in [2.75, 3.05) is 33.0 Å². The fourth-order valence-electron chi connectivity index (χ4n) is 5.72. The number of methoxy groups -OCH3 is 3. The second-order valence-corrected chi connectivity index (χ2v) is 9.00. The SMILES string of the molecule is CCC[C@]1(C(=O)OC)N[C@@H](c2ccc(OC)cc2OC)[C@H]2C(=O)N(c3ccc4c(c3)OCO4)C(=O)[C@@H]21. The Morgan fingerprint density at radius 3 is 2.53 bits per heavy atom. The fraction of sp³-hybridized carbons (Fsp3) is 0.423. The summed E-state index contributed by atoms with van der Waals surface area (Å²) in [6.07, 6.45) is 0.896. The quantitative estimate of drug-likeness (QED) is 0.457. The molecule has 2 aromatic rings. The predicted molar refractivity (Wildman–Crippen MR) is 127 cm³/mol. The van der Waals surface area contributed by atoms with Gasteiger partial charge in [0.1, 0.15) is 17.0 Å². The number of hydrogen-bond donors (Lipinski definition) is 1. The van der Waals surface area contributed by atoms with Crippen LogP contribution in [0.3, 0.4) is 0 Å². The Labute approximate surface area is 208 Å². The van der Waals surface area contributed by atoms with Crippen molar-refractivity contribution in [3.63, 3.8) is 0 Å². The molecule has 10 nitrogen and oxygen atoms in total. The molecule has 0 aromatic heterocycles. The number of carbonyl (C=O) groups is 3. The molecule has 0 aliphatic carbocycles. The first kappa shape index (κ1) is 23.9. The maximum absolute atomic E-state index is 14.0. The van der Waals surface area contributed by atoms with Gasteiger partial charge in [-0.25, -0.2) is 4.90 Å². The van der Waals surface area contributed by atoms with Gasteiger partial charge in [-0.1, -0.05) is 19.4 Å². The standard InChI is InChI=1S/C26H28N2O8/c1-5-10-26(25(31)34-4)21-20(22(27-26)16-8-7-15(32-2)12-18(16)33-3)23(29)28(24(21)30)14-6-9-17-19(11-14)36-13-35-17/h6-9,11-12,20-22,27H,5,10,13H2,1-4H3/t20-,21+,22-,26-/m0/s1. The van der Waals surface area contributed by atoms with Crippen LogP contribution in [0.4, 0.5) is 5.69 Å². The van der Waals surface area contributed by atoms with Crippen molar-refractivity contribution < 1.29 is 38.1 Å². The normalized spacial score (nSPS) is 26.2. The third-order valence-electron chi connectivity index (χ3n) is 7.24. The Balaban J connectivity index is 1.65. The van der Waals surface area contributed by atoms with Gasteiger partial charge in [-0.3, -0.25) is 19.7 Å². The lowest BCUT2D eigenvalue weighted by atomic mass is 9.77. The number of benzene rings is 2. The van der Waals surface area contributed by atoms with Crippen LogP contribution in [0.15, 0.2) is 36.4 Å². The molecule has 0 spiro atoms. The van der Waals surface area contributed by atoms with E-state index in [0.29, 0.717) is 47.1 Å². The summed E-state index contributed by atoms with van der Waals surface area (Å²) in [5.41, 5.74) is -0.384. The van der Waals surface area contributed by atoms with Gasteiger partial charge in [0.15, 0.2) is 11.5 Å². The van der Waals surface area contributed by atoms with E-state index in [9.17, 15) is 14.4 Å². The first-order chi connectivity index (χ1) is 17.4. The topological polar surface area (TPSA) is 113 Å². The third kappa shape index (κ3) is 3.39. The van der Waals surface area contributed by atoms with Gasteiger partial charge >= 0.3 is 5.97 Å². The number of fused-ring (bicyclic) bond motifs is 2. The lowest BCUT2D eigenvalue weighted by molar-refractivity contribution is -0.152. The molecule has 2 aromatic carbocycles. The summed E-state index contributed by atoms with van der Waals surface area (Å²) in [5, 5.41) is 3.35. The van der Waals surface area contributed by atoms with E-state index in [0.717, 1.165) is 4.90 Å². The highest BCUT2D eigenvalue weighted by molar-refractivity contribution is 6.24. The second kappa shape index (κ2) is 9.02. The number of rotatable bonds is 7. The van der Waals surface area contributed by atoms with E-state index in [1.807, 2.05) is 6.92 Å². The summed E-state index contributed by atoms with van der Waals surface area (Å²) in [4.78, 5) is 42.4. The van der Waals surface area contributed by atoms with E-state index in [1.165, 1.54) is 14.2 Å². The first-order valence-electron chi connectivity index (χ1n) is 11.8. The van der Waals surface area contributed by atoms with E-state index in [1.54, 1.807) is 43.5 Å². The van der Waals surface area contributed by atoms with Gasteiger partial charge in [0.25, 0.3) is 0 Å². The van der Waals surface area contributed by atoms with Crippen molar-refractivity contribution in [1.82, 2.24) is 5.32 Å². The molecular weight excluding hydrogens is 468 g/mol. The fourth-order valence-corrected chi connectivity index (χ4v) is 5.72. The van der Waals surface area contributed by atoms with E-state index in [4.69, 9.17) is 23.7 Å². The number of amides is 2. The summed E-state index contributed by atoms with van der Waals surface area (Å²) >= 11 is 0. The molecule has 0 saturated carbocycles. The molecule has 190 valence electrons. The Morgan fingerprint density at radius 2 is 1.83 bits per heavy atom. The minimum Gasteiger partial charge on any atom is -0.497 e. The van der Waals surface area contributed by atoms with Gasteiger partial charge in [0.05, 0.1) is 38.9 Å². The van der Waals surface area contributed by atoms with Crippen LogP contribution < -0.4 is 29.2 Å². The highest BCUT2D eigenvalue weighted by Crippen LogP contribution is 2.53. The monoisotopic (exact) mass is 496 g/mol. The summed E-state index contributed by atoms with van der Waals surface area (Å²) in [7, 11) is 4.35. The zero-order valence-electron chi connectivity index (χ0n) is 20.5. The van der Waals surface area contributed by atoms with Gasteiger partial charge in [-0.15, -0.1) is 0 Å². The molecule has 3 aliphatic heterocycles. The second-order valence-electron chi connectivity index (χ2n) is 9.00. The highest BCUT2D eigenvalue weighted by Gasteiger charge is 2.68. The summed E-state index contributed by atoms with van der Waals surface area (Å²) in [6, 6.07) is 9.47. The number of anilines is 1. The molecule has 4 atom stereocenters. The summed E-state index contributed by atoms with van der Waals surface area (Å²) in [6.45, 7) is 1.98. The number of esters is 1. The van der Waals surface area contributed by atoms with Crippen molar-refractivity contribution in [3.8, 4) is 23.0 Å². The molecule has 3 heterocycles. The van der Waals surface area contributed by atoms with Crippen LogP contribution in [-0.2, 0) is 19.1 Å². The molecule has 36 heavy (non-hydrogen) atoms. The largest absolute Gasteiger partial charge is 0.497 e. The van der Waals surface area contributed by atoms with Crippen LogP contribution >= 0.6 is 0 Å². The van der Waals surface area contributed by atoms with E-state index >= 15 is 0 Å². The summed E-state index contributed by atoms with van der Waals surface area (Å²) in [5.74, 6) is -1.26. The number of imide groups is 1. The average Bonchev–Trinajstić information content (AvgIpc) is 3.57. The minimum absolute atomic E-state index is 0.0666. The zero-order chi connectivity index (χ0) is 25.6. The maximum atomic E-state index is 14.0. The Kier molecular flexibility index (Phi) is 5.99. The van der Waals surface area contributed by atoms with Crippen LogP contribution in [0.1, 0.15) is 31.4 Å². The van der Waals surface area contributed by atoms with E-state index in [2.05, 4.69) is 5.32 Å². The van der Waals surface area contributed by atoms with Gasteiger partial charge < -0.3 is 23.7 Å². The molecule has 0 unspecified atom stereocenters. The lowest BCUT2D eigenvalue weighted by Gasteiger charge is -2.32. The van der Waals surface area contributed by atoms with Crippen molar-refractivity contribution in [2.45, 2.75) is 31.3 Å². The number of carbonyl (C=O) groups excluding carboxylic acids is 3. The molecule has 2 fully saturated rings. The molecule has 5 rings (SSSR count). The average molecular weight is 497 g/mol. The van der Waals surface area contributed by atoms with Crippen molar-refractivity contribution in [1.29, 1.82) is 0 Å². The van der Waals surface area contributed by atoms with Crippen LogP contribution in [0.5, 0.6) is 23.0 Å². The van der Waals surface area contributed by atoms with Crippen LogP contribution in [0, 0.1) is 11.8 Å². The van der Waals surface area contributed by atoms with Crippen LogP contribution in [0.25, 0.3) is 0 Å². The Bertz CT molecular complexity index is 1230. The van der Waals surface area contributed by atoms with E-state index in [-0.39, 0.29) is 6.79 Å². The van der Waals surface area contributed by atoms with Gasteiger partial charge in [-0.2, -0.15) is 0 Å². The smallest absolute Gasteiger partial charge is 0.326 e. The van der Waals surface area contributed by atoms with Gasteiger partial charge in [0, 0.05) is 23.7 Å². The molecule has 0 radical (unpaired) electrons. The summed E-state index contributed by atoms with van der Waals surface area (Å²) < 4.78 is 26.9. The van der Waals surface area contributed by atoms with Crippen LogP contribution in [-0.4, -0.2) is 51.4 Å². The maximum Gasteiger partial charge on any atom is 0.326 e. The number of ether oxygens (including phenoxy) is 5. The Hall–Kier alpha value is -3.79. The molecule has 1 N–H and O–H groups in total. The van der Waals surface area contributed by atoms with E-state index < -0.39 is 41.2 Å². The first-order valence-corrected chi connectivity index (χ1v) is 11.8. The predicted octanol–water partition coefficient (Wildman–Crippen LogP) is 2.59. The highest BCUT2D eigenvalue weighted by atomic mass is 16.7. The molecule has 2 amide bonds. The molecule has 2 saturated heterocycles. The number of hydrogen-bond acceptors (Lipinski definition) is 9. The number of nitrogens with zero attached hydrogens (tertiary/aromatic N) is 1. The van der Waals surface area contributed by atoms with Gasteiger partial charge in [0.2, 0.25) is 18.6 Å². The molecule has 3 aliphatic rings. The lowest BCUT2D eigenvalue weighted by Crippen LogP contribution is -2.56. The Morgan fingerprint density at radius 1 is 1.06 bits per heavy atom. The number of nitrogens with one attached hydrogen (secondary N) is 1. The molecule has 0 bridgehead atoms. The van der Waals surface area contributed by atoms with Gasteiger partial charge in [-0.05, 0) is 24.6 Å². The zero-order valence-corrected chi connectivity index (χ0v) is 20.5. The molecule has 10 heteroatoms. The van der Waals surface area contributed by atoms with Crippen molar-refractivity contribution in [2.24, 2.45) is 11.8 Å².